The van der Waals surface area contributed by atoms with Gasteiger partial charge in [0.25, 0.3) is 0 Å². The molecular formula is C14H14Cl2N2OS. The Morgan fingerprint density at radius 3 is 2.70 bits per heavy atom. The van der Waals surface area contributed by atoms with E-state index in [1.165, 1.54) is 0 Å². The van der Waals surface area contributed by atoms with E-state index in [9.17, 15) is 0 Å². The number of ether oxygens (including phenoxy) is 1. The monoisotopic (exact) mass is 328 g/mol. The molecule has 2 N–H and O–H groups in total. The minimum atomic E-state index is 0.434. The van der Waals surface area contributed by atoms with Gasteiger partial charge in [-0.15, -0.1) is 11.8 Å². The van der Waals surface area contributed by atoms with E-state index in [-0.39, 0.29) is 0 Å². The molecule has 0 radical (unpaired) electrons. The fraction of sp³-hybridized carbons (Fsp3) is 0.214. The Morgan fingerprint density at radius 1 is 1.30 bits per heavy atom. The average Bonchev–Trinajstić information content (AvgIpc) is 2.39. The number of nitrogens with two attached hydrogens (primary N) is 1. The number of nitrogens with zero attached hydrogens (tertiary/aromatic N) is 1. The minimum absolute atomic E-state index is 0.434. The molecule has 0 aliphatic carbocycles. The van der Waals surface area contributed by atoms with Crippen molar-refractivity contribution in [1.29, 1.82) is 0 Å². The Hall–Kier alpha value is -1.10. The highest BCUT2D eigenvalue weighted by molar-refractivity contribution is 7.98. The van der Waals surface area contributed by atoms with Crippen LogP contribution in [0, 0.1) is 6.92 Å². The van der Waals surface area contributed by atoms with Crippen molar-refractivity contribution in [2.45, 2.75) is 17.6 Å². The summed E-state index contributed by atoms with van der Waals surface area (Å²) in [5.74, 6) is 1.36. The Balaban J connectivity index is 2.21. The Labute approximate surface area is 132 Å². The van der Waals surface area contributed by atoms with Crippen LogP contribution in [0.1, 0.15) is 11.3 Å². The van der Waals surface area contributed by atoms with Gasteiger partial charge in [-0.1, -0.05) is 23.2 Å². The Morgan fingerprint density at radius 2 is 2.05 bits per heavy atom. The maximum atomic E-state index is 6.21. The molecule has 0 atom stereocenters. The van der Waals surface area contributed by atoms with Gasteiger partial charge < -0.3 is 10.5 Å². The molecule has 0 aliphatic heterocycles. The second kappa shape index (κ2) is 6.57. The third kappa shape index (κ3) is 3.51. The summed E-state index contributed by atoms with van der Waals surface area (Å²) in [6.45, 7) is 1.86. The van der Waals surface area contributed by atoms with Crippen molar-refractivity contribution in [1.82, 2.24) is 4.98 Å². The standard InChI is InChI=1S/C14H14Cl2N2OS/c1-8-5-11(15)10(14(16)18-8)7-20-13-6-9(19-2)3-4-12(13)17/h3-6H,7,17H2,1-2H3. The van der Waals surface area contributed by atoms with Crippen molar-refractivity contribution in [3.05, 3.63) is 45.7 Å². The van der Waals surface area contributed by atoms with Crippen molar-refractivity contribution in [3.8, 4) is 5.75 Å². The van der Waals surface area contributed by atoms with Gasteiger partial charge in [-0.3, -0.25) is 0 Å². The van der Waals surface area contributed by atoms with Crippen LogP contribution in [-0.4, -0.2) is 12.1 Å². The summed E-state index contributed by atoms with van der Waals surface area (Å²) in [6, 6.07) is 7.34. The summed E-state index contributed by atoms with van der Waals surface area (Å²) in [5.41, 5.74) is 8.26. The van der Waals surface area contributed by atoms with Gasteiger partial charge in [0, 0.05) is 32.6 Å². The molecule has 0 unspecified atom stereocenters. The lowest BCUT2D eigenvalue weighted by atomic mass is 10.3. The first kappa shape index (κ1) is 15.3. The lowest BCUT2D eigenvalue weighted by Crippen LogP contribution is -1.94. The quantitative estimate of drug-likeness (QED) is 0.507. The van der Waals surface area contributed by atoms with E-state index in [1.54, 1.807) is 24.9 Å². The molecule has 1 aromatic heterocycles. The molecule has 0 fully saturated rings. The first-order chi connectivity index (χ1) is 9.51. The number of halogens is 2. The average molecular weight is 329 g/mol. The van der Waals surface area contributed by atoms with Gasteiger partial charge in [0.05, 0.1) is 7.11 Å². The van der Waals surface area contributed by atoms with Crippen molar-refractivity contribution in [3.63, 3.8) is 0 Å². The van der Waals surface area contributed by atoms with Crippen LogP contribution in [0.15, 0.2) is 29.2 Å². The van der Waals surface area contributed by atoms with Crippen LogP contribution < -0.4 is 10.5 Å². The van der Waals surface area contributed by atoms with Crippen molar-refractivity contribution in [2.24, 2.45) is 0 Å². The number of thioether (sulfide) groups is 1. The number of pyridine rings is 1. The summed E-state index contributed by atoms with van der Waals surface area (Å²) in [7, 11) is 1.62. The summed E-state index contributed by atoms with van der Waals surface area (Å²) in [5, 5.41) is 1.06. The van der Waals surface area contributed by atoms with Gasteiger partial charge in [-0.2, -0.15) is 0 Å². The van der Waals surface area contributed by atoms with E-state index in [4.69, 9.17) is 33.7 Å². The fourth-order valence-corrected chi connectivity index (χ4v) is 3.52. The molecule has 20 heavy (non-hydrogen) atoms. The predicted molar refractivity (Wildman–Crippen MR) is 86.0 cm³/mol. The molecule has 2 aromatic rings. The van der Waals surface area contributed by atoms with Gasteiger partial charge in [0.2, 0.25) is 0 Å². The number of anilines is 1. The van der Waals surface area contributed by atoms with Crippen molar-refractivity contribution >= 4 is 40.7 Å². The van der Waals surface area contributed by atoms with Crippen LogP contribution >= 0.6 is 35.0 Å². The molecule has 2 rings (SSSR count). The second-order valence-electron chi connectivity index (χ2n) is 4.21. The molecular weight excluding hydrogens is 315 g/mol. The molecule has 1 heterocycles. The van der Waals surface area contributed by atoms with Crippen LogP contribution in [0.2, 0.25) is 10.2 Å². The summed E-state index contributed by atoms with van der Waals surface area (Å²) in [6.07, 6.45) is 0. The van der Waals surface area contributed by atoms with Crippen LogP contribution in [0.3, 0.4) is 0 Å². The number of hydrogen-bond donors (Lipinski definition) is 1. The predicted octanol–water partition coefficient (Wildman–Crippen LogP) is 4.58. The first-order valence-electron chi connectivity index (χ1n) is 5.89. The molecule has 106 valence electrons. The number of benzene rings is 1. The highest BCUT2D eigenvalue weighted by Gasteiger charge is 2.10. The number of nitrogen functional groups attached to an aromatic ring is 1. The lowest BCUT2D eigenvalue weighted by molar-refractivity contribution is 0.414. The number of aromatic nitrogens is 1. The molecule has 0 amide bonds. The maximum absolute atomic E-state index is 6.21. The SMILES string of the molecule is COc1ccc(N)c(SCc2c(Cl)cc(C)nc2Cl)c1. The Kier molecular flexibility index (Phi) is 5.02. The van der Waals surface area contributed by atoms with Gasteiger partial charge in [-0.25, -0.2) is 4.98 Å². The van der Waals surface area contributed by atoms with Crippen molar-refractivity contribution < 1.29 is 4.74 Å². The van der Waals surface area contributed by atoms with Crippen LogP contribution in [-0.2, 0) is 5.75 Å². The molecule has 1 aromatic carbocycles. The molecule has 0 saturated carbocycles. The lowest BCUT2D eigenvalue weighted by Gasteiger charge is -2.10. The van der Waals surface area contributed by atoms with Crippen LogP contribution in [0.5, 0.6) is 5.75 Å². The third-order valence-corrected chi connectivity index (χ3v) is 4.49. The molecule has 0 spiro atoms. The second-order valence-corrected chi connectivity index (χ2v) is 5.99. The van der Waals surface area contributed by atoms with E-state index in [1.807, 2.05) is 25.1 Å². The van der Waals surface area contributed by atoms with E-state index in [0.29, 0.717) is 21.6 Å². The van der Waals surface area contributed by atoms with Crippen LogP contribution in [0.25, 0.3) is 0 Å². The molecule has 0 aliphatic rings. The van der Waals surface area contributed by atoms with E-state index < -0.39 is 0 Å². The maximum Gasteiger partial charge on any atom is 0.134 e. The summed E-state index contributed by atoms with van der Waals surface area (Å²) < 4.78 is 5.19. The number of methoxy groups -OCH3 is 1. The zero-order chi connectivity index (χ0) is 14.7. The van der Waals surface area contributed by atoms with Crippen molar-refractivity contribution in [2.75, 3.05) is 12.8 Å². The van der Waals surface area contributed by atoms with E-state index in [0.717, 1.165) is 21.9 Å². The highest BCUT2D eigenvalue weighted by Crippen LogP contribution is 2.35. The fourth-order valence-electron chi connectivity index (χ4n) is 1.67. The largest absolute Gasteiger partial charge is 0.497 e. The number of aryl methyl sites for hydroxylation is 1. The minimum Gasteiger partial charge on any atom is -0.497 e. The van der Waals surface area contributed by atoms with Gasteiger partial charge >= 0.3 is 0 Å². The topological polar surface area (TPSA) is 48.1 Å². The zero-order valence-corrected chi connectivity index (χ0v) is 13.4. The summed E-state index contributed by atoms with van der Waals surface area (Å²) in [4.78, 5) is 5.14. The third-order valence-electron chi connectivity index (χ3n) is 2.74. The first-order valence-corrected chi connectivity index (χ1v) is 7.63. The van der Waals surface area contributed by atoms with E-state index >= 15 is 0 Å². The number of hydrogen-bond acceptors (Lipinski definition) is 4. The van der Waals surface area contributed by atoms with Gasteiger partial charge in [0.1, 0.15) is 10.9 Å². The molecule has 0 bridgehead atoms. The Bertz CT molecular complexity index is 612. The molecule has 6 heteroatoms. The smallest absolute Gasteiger partial charge is 0.134 e. The normalized spacial score (nSPS) is 10.6. The molecule has 3 nitrogen and oxygen atoms in total. The highest BCUT2D eigenvalue weighted by atomic mass is 35.5. The zero-order valence-electron chi connectivity index (χ0n) is 11.1. The van der Waals surface area contributed by atoms with Crippen LogP contribution in [0.4, 0.5) is 5.69 Å². The van der Waals surface area contributed by atoms with Gasteiger partial charge in [0.15, 0.2) is 0 Å². The van der Waals surface area contributed by atoms with E-state index in [2.05, 4.69) is 4.98 Å². The summed E-state index contributed by atoms with van der Waals surface area (Å²) >= 11 is 13.9. The molecule has 0 saturated heterocycles. The number of rotatable bonds is 4. The van der Waals surface area contributed by atoms with Gasteiger partial charge in [-0.05, 0) is 31.2 Å².